The van der Waals surface area contributed by atoms with Gasteiger partial charge in [-0.2, -0.15) is 5.26 Å². The number of primary amides is 1. The number of nitrogens with one attached hydrogen (secondary N) is 2. The van der Waals surface area contributed by atoms with Crippen LogP contribution in [0, 0.1) is 23.1 Å². The number of nitrogens with zero attached hydrogens (tertiary/aromatic N) is 2. The average Bonchev–Trinajstić information content (AvgIpc) is 2.78. The minimum absolute atomic E-state index is 0.0405. The second-order valence-electron chi connectivity index (χ2n) is 7.70. The van der Waals surface area contributed by atoms with E-state index in [4.69, 9.17) is 11.0 Å². The van der Waals surface area contributed by atoms with Gasteiger partial charge >= 0.3 is 6.03 Å². The number of hydrogen-bond acceptors (Lipinski definition) is 4. The highest BCUT2D eigenvalue weighted by atomic mass is 19.1. The summed E-state index contributed by atoms with van der Waals surface area (Å²) < 4.78 is 13.0. The van der Waals surface area contributed by atoms with Crippen LogP contribution in [0.2, 0.25) is 0 Å². The Morgan fingerprint density at radius 3 is 2.35 bits per heavy atom. The highest BCUT2D eigenvalue weighted by molar-refractivity contribution is 5.79. The van der Waals surface area contributed by atoms with Gasteiger partial charge in [-0.15, -0.1) is 0 Å². The molecule has 1 aliphatic heterocycles. The van der Waals surface area contributed by atoms with Crippen molar-refractivity contribution in [3.8, 4) is 6.07 Å². The molecule has 0 radical (unpaired) electrons. The smallest absolute Gasteiger partial charge is 0.315 e. The van der Waals surface area contributed by atoms with Gasteiger partial charge in [0, 0.05) is 31.4 Å². The topological polar surface area (TPSA) is 111 Å². The van der Waals surface area contributed by atoms with Gasteiger partial charge in [0.25, 0.3) is 0 Å². The van der Waals surface area contributed by atoms with Gasteiger partial charge in [0.2, 0.25) is 5.91 Å². The number of carbonyl (C=O) groups is 2. The highest BCUT2D eigenvalue weighted by Crippen LogP contribution is 2.20. The molecule has 0 aromatic heterocycles. The SMILES string of the molecule is N#Cc1ccc(N2CCC(NC(=O)NCC(Cc3ccc(F)cc3)C(N)=O)CC2)cc1. The van der Waals surface area contributed by atoms with E-state index in [1.54, 1.807) is 24.3 Å². The first kappa shape index (κ1) is 22.1. The van der Waals surface area contributed by atoms with E-state index in [0.717, 1.165) is 37.2 Å². The van der Waals surface area contributed by atoms with Gasteiger partial charge in [-0.25, -0.2) is 9.18 Å². The zero-order valence-electron chi connectivity index (χ0n) is 17.2. The molecule has 3 amide bonds. The summed E-state index contributed by atoms with van der Waals surface area (Å²) in [4.78, 5) is 26.3. The van der Waals surface area contributed by atoms with Crippen LogP contribution in [0.5, 0.6) is 0 Å². The maximum Gasteiger partial charge on any atom is 0.315 e. The summed E-state index contributed by atoms with van der Waals surface area (Å²) in [7, 11) is 0. The minimum atomic E-state index is -0.575. The first-order valence-electron chi connectivity index (χ1n) is 10.3. The lowest BCUT2D eigenvalue weighted by molar-refractivity contribution is -0.121. The summed E-state index contributed by atoms with van der Waals surface area (Å²) in [5.41, 5.74) is 7.94. The summed E-state index contributed by atoms with van der Waals surface area (Å²) in [6.07, 6.45) is 1.92. The molecule has 31 heavy (non-hydrogen) atoms. The standard InChI is InChI=1S/C23H26FN5O2/c24-19-5-1-16(2-6-19)13-18(22(26)30)15-27-23(31)28-20-9-11-29(12-10-20)21-7-3-17(14-25)4-8-21/h1-8,18,20H,9-13,15H2,(H2,26,30)(H2,27,28,31). The van der Waals surface area contributed by atoms with E-state index in [0.29, 0.717) is 12.0 Å². The number of hydrogen-bond donors (Lipinski definition) is 3. The van der Waals surface area contributed by atoms with Crippen molar-refractivity contribution in [1.29, 1.82) is 5.26 Å². The van der Waals surface area contributed by atoms with Crippen molar-refractivity contribution in [3.63, 3.8) is 0 Å². The molecule has 0 aliphatic carbocycles. The molecule has 1 heterocycles. The Kier molecular flexibility index (Phi) is 7.44. The van der Waals surface area contributed by atoms with Crippen LogP contribution in [0.15, 0.2) is 48.5 Å². The normalized spacial score (nSPS) is 15.0. The van der Waals surface area contributed by atoms with Crippen LogP contribution < -0.4 is 21.3 Å². The third-order valence-corrected chi connectivity index (χ3v) is 5.50. The lowest BCUT2D eigenvalue weighted by Gasteiger charge is -2.34. The third kappa shape index (κ3) is 6.44. The summed E-state index contributed by atoms with van der Waals surface area (Å²) >= 11 is 0. The first-order valence-corrected chi connectivity index (χ1v) is 10.3. The summed E-state index contributed by atoms with van der Waals surface area (Å²) in [5.74, 6) is -1.43. The fraction of sp³-hybridized carbons (Fsp3) is 0.348. The number of halogens is 1. The predicted octanol–water partition coefficient (Wildman–Crippen LogP) is 2.31. The Labute approximate surface area is 181 Å². The molecule has 3 rings (SSSR count). The number of rotatable bonds is 7. The fourth-order valence-corrected chi connectivity index (χ4v) is 3.66. The monoisotopic (exact) mass is 423 g/mol. The first-order chi connectivity index (χ1) is 14.9. The van der Waals surface area contributed by atoms with Crippen molar-refractivity contribution in [1.82, 2.24) is 10.6 Å². The summed E-state index contributed by atoms with van der Waals surface area (Å²) in [6, 6.07) is 15.2. The molecule has 2 aromatic rings. The van der Waals surface area contributed by atoms with Crippen LogP contribution in [-0.2, 0) is 11.2 Å². The van der Waals surface area contributed by atoms with E-state index < -0.39 is 11.8 Å². The van der Waals surface area contributed by atoms with E-state index >= 15 is 0 Å². The van der Waals surface area contributed by atoms with Gasteiger partial charge < -0.3 is 21.3 Å². The van der Waals surface area contributed by atoms with Gasteiger partial charge in [-0.1, -0.05) is 12.1 Å². The minimum Gasteiger partial charge on any atom is -0.371 e. The van der Waals surface area contributed by atoms with Gasteiger partial charge in [-0.05, 0) is 61.2 Å². The van der Waals surface area contributed by atoms with Gasteiger partial charge in [-0.3, -0.25) is 4.79 Å². The van der Waals surface area contributed by atoms with Gasteiger partial charge in [0.05, 0.1) is 17.6 Å². The molecule has 1 aliphatic rings. The Morgan fingerprint density at radius 2 is 1.77 bits per heavy atom. The Hall–Kier alpha value is -3.60. The molecule has 0 bridgehead atoms. The zero-order chi connectivity index (χ0) is 22.2. The van der Waals surface area contributed by atoms with Crippen LogP contribution in [0.3, 0.4) is 0 Å². The molecule has 1 unspecified atom stereocenters. The molecule has 4 N–H and O–H groups in total. The molecule has 1 fully saturated rings. The van der Waals surface area contributed by atoms with Crippen molar-refractivity contribution in [2.75, 3.05) is 24.5 Å². The third-order valence-electron chi connectivity index (χ3n) is 5.50. The number of benzene rings is 2. The van der Waals surface area contributed by atoms with Crippen molar-refractivity contribution in [2.24, 2.45) is 11.7 Å². The van der Waals surface area contributed by atoms with Crippen LogP contribution >= 0.6 is 0 Å². The van der Waals surface area contributed by atoms with Gasteiger partial charge in [0.1, 0.15) is 5.82 Å². The largest absolute Gasteiger partial charge is 0.371 e. The van der Waals surface area contributed by atoms with E-state index in [-0.39, 0.29) is 24.4 Å². The number of carbonyl (C=O) groups excluding carboxylic acids is 2. The zero-order valence-corrected chi connectivity index (χ0v) is 17.2. The molecule has 0 spiro atoms. The Bertz CT molecular complexity index is 932. The van der Waals surface area contributed by atoms with E-state index in [2.05, 4.69) is 21.6 Å². The number of piperidine rings is 1. The highest BCUT2D eigenvalue weighted by Gasteiger charge is 2.22. The summed E-state index contributed by atoms with van der Waals surface area (Å²) in [6.45, 7) is 1.71. The number of nitriles is 1. The van der Waals surface area contributed by atoms with Crippen molar-refractivity contribution >= 4 is 17.6 Å². The number of amides is 3. The molecule has 0 saturated carbocycles. The van der Waals surface area contributed by atoms with Crippen LogP contribution in [0.4, 0.5) is 14.9 Å². The molecular weight excluding hydrogens is 397 g/mol. The number of anilines is 1. The fourth-order valence-electron chi connectivity index (χ4n) is 3.66. The molecule has 8 heteroatoms. The quantitative estimate of drug-likeness (QED) is 0.634. The Morgan fingerprint density at radius 1 is 1.13 bits per heavy atom. The molecular formula is C23H26FN5O2. The predicted molar refractivity (Wildman–Crippen MR) is 116 cm³/mol. The summed E-state index contributed by atoms with van der Waals surface area (Å²) in [5, 5.41) is 14.6. The Balaban J connectivity index is 1.43. The number of nitrogens with two attached hydrogens (primary N) is 1. The lowest BCUT2D eigenvalue weighted by atomic mass is 9.98. The van der Waals surface area contributed by atoms with Gasteiger partial charge in [0.15, 0.2) is 0 Å². The maximum atomic E-state index is 13.0. The average molecular weight is 423 g/mol. The second-order valence-corrected chi connectivity index (χ2v) is 7.70. The molecule has 1 saturated heterocycles. The van der Waals surface area contributed by atoms with Crippen LogP contribution in [0.1, 0.15) is 24.0 Å². The van der Waals surface area contributed by atoms with E-state index in [9.17, 15) is 14.0 Å². The lowest BCUT2D eigenvalue weighted by Crippen LogP contribution is -2.49. The maximum absolute atomic E-state index is 13.0. The van der Waals surface area contributed by atoms with Crippen molar-refractivity contribution in [3.05, 3.63) is 65.5 Å². The molecule has 1 atom stereocenters. The van der Waals surface area contributed by atoms with Crippen molar-refractivity contribution in [2.45, 2.75) is 25.3 Å². The van der Waals surface area contributed by atoms with E-state index in [1.165, 1.54) is 12.1 Å². The molecule has 2 aromatic carbocycles. The van der Waals surface area contributed by atoms with Crippen molar-refractivity contribution < 1.29 is 14.0 Å². The molecule has 162 valence electrons. The van der Waals surface area contributed by atoms with Crippen LogP contribution in [-0.4, -0.2) is 37.6 Å². The number of urea groups is 1. The molecule has 7 nitrogen and oxygen atoms in total. The van der Waals surface area contributed by atoms with E-state index in [1.807, 2.05) is 12.1 Å². The van der Waals surface area contributed by atoms with Crippen LogP contribution in [0.25, 0.3) is 0 Å². The second kappa shape index (κ2) is 10.4.